The van der Waals surface area contributed by atoms with Crippen LogP contribution in [0.4, 0.5) is 0 Å². The Kier molecular flexibility index (Phi) is 46.3. The molecule has 2 unspecified atom stereocenters. The van der Waals surface area contributed by atoms with Crippen LogP contribution < -0.4 is 5.11 Å². The van der Waals surface area contributed by atoms with E-state index in [2.05, 4.69) is 98.9 Å². The first kappa shape index (κ1) is 63.5. The maximum atomic E-state index is 12.8. The van der Waals surface area contributed by atoms with Crippen molar-refractivity contribution in [3.63, 3.8) is 0 Å². The van der Waals surface area contributed by atoms with Crippen LogP contribution in [0.1, 0.15) is 206 Å². The first-order chi connectivity index (χ1) is 32.6. The average molecular weight is 938 g/mol. The highest BCUT2D eigenvalue weighted by atomic mass is 16.7. The van der Waals surface area contributed by atoms with Gasteiger partial charge in [0.05, 0.1) is 40.3 Å². The van der Waals surface area contributed by atoms with Crippen LogP contribution in [0.25, 0.3) is 0 Å². The summed E-state index contributed by atoms with van der Waals surface area (Å²) < 4.78 is 22.6. The summed E-state index contributed by atoms with van der Waals surface area (Å²) in [6, 6.07) is 0. The fourth-order valence-corrected chi connectivity index (χ4v) is 7.00. The summed E-state index contributed by atoms with van der Waals surface area (Å²) in [6.07, 6.45) is 60.4. The number of ether oxygens (including phenoxy) is 4. The Hall–Kier alpha value is -3.53. The molecule has 0 aliphatic carbocycles. The molecule has 0 bridgehead atoms. The van der Waals surface area contributed by atoms with Gasteiger partial charge in [0.15, 0.2) is 12.4 Å². The molecule has 0 aromatic carbocycles. The predicted octanol–water partition coefficient (Wildman–Crippen LogP) is 13.9. The zero-order valence-corrected chi connectivity index (χ0v) is 43.5. The fourth-order valence-electron chi connectivity index (χ4n) is 7.00. The van der Waals surface area contributed by atoms with Crippen LogP contribution in [-0.2, 0) is 33.3 Å². The molecule has 9 nitrogen and oxygen atoms in total. The van der Waals surface area contributed by atoms with Crippen molar-refractivity contribution in [3.05, 3.63) is 85.1 Å². The van der Waals surface area contributed by atoms with Gasteiger partial charge in [-0.15, -0.1) is 0 Å². The van der Waals surface area contributed by atoms with Crippen LogP contribution in [-0.4, -0.2) is 82.3 Å². The summed E-state index contributed by atoms with van der Waals surface area (Å²) in [6.45, 7) is 4.59. The second kappa shape index (κ2) is 48.9. The quantitative estimate of drug-likeness (QED) is 0.0195. The minimum atomic E-state index is -1.63. The number of hydrogen-bond donors (Lipinski definition) is 0. The van der Waals surface area contributed by atoms with E-state index >= 15 is 0 Å². The number of carboxylic acid groups (broad SMARTS) is 1. The Bertz CT molecular complexity index is 1370. The van der Waals surface area contributed by atoms with Gasteiger partial charge in [-0.25, -0.2) is 0 Å². The van der Waals surface area contributed by atoms with Crippen LogP contribution in [0.3, 0.4) is 0 Å². The number of esters is 2. The number of carboxylic acids is 1. The highest BCUT2D eigenvalue weighted by molar-refractivity contribution is 5.70. The number of nitrogens with zero attached hydrogens (tertiary/aromatic N) is 1. The van der Waals surface area contributed by atoms with E-state index in [9.17, 15) is 19.5 Å². The molecule has 0 amide bonds. The van der Waals surface area contributed by atoms with Crippen molar-refractivity contribution >= 4 is 17.9 Å². The van der Waals surface area contributed by atoms with E-state index in [1.54, 1.807) is 0 Å². The number of likely N-dealkylation sites (N-methyl/N-ethyl adjacent to an activating group) is 1. The van der Waals surface area contributed by atoms with E-state index in [1.165, 1.54) is 70.6 Å². The topological polar surface area (TPSA) is 111 Å². The summed E-state index contributed by atoms with van der Waals surface area (Å²) in [5.74, 6) is -2.32. The smallest absolute Gasteiger partial charge is 0.306 e. The maximum absolute atomic E-state index is 12.8. The monoisotopic (exact) mass is 938 g/mol. The van der Waals surface area contributed by atoms with Gasteiger partial charge in [0.25, 0.3) is 0 Å². The van der Waals surface area contributed by atoms with E-state index < -0.39 is 24.3 Å². The van der Waals surface area contributed by atoms with Crippen LogP contribution in [0.5, 0.6) is 0 Å². The van der Waals surface area contributed by atoms with Crippen molar-refractivity contribution in [2.75, 3.05) is 47.5 Å². The largest absolute Gasteiger partial charge is 0.545 e. The number of carbonyl (C=O) groups is 3. The number of aliphatic carboxylic acids is 1. The zero-order chi connectivity index (χ0) is 49.2. The minimum absolute atomic E-state index is 0.138. The molecule has 0 spiro atoms. The number of quaternary nitrogens is 1. The SMILES string of the molecule is CC/C=C\C/C=C\C/C=C\C/C=C\C/C=C\CCCCCCCC(=O)OC(COC(=O)CCCCCCCCCCC/C=C\C/C=C\CCCCCCC)COC(OCC[N+](C)(C)C)C(=O)[O-]. The van der Waals surface area contributed by atoms with E-state index in [0.29, 0.717) is 17.4 Å². The van der Waals surface area contributed by atoms with Crippen molar-refractivity contribution in [2.24, 2.45) is 0 Å². The standard InChI is InChI=1S/C58H99NO8/c1-6-8-10-12-14-16-18-20-22-24-26-28-30-32-34-36-38-40-42-44-46-48-55(60)65-52-54(53-66-58(57(62)63)64-51-50-59(3,4)5)67-56(61)49-47-45-43-41-39-37-35-33-31-29-27-25-23-21-19-17-15-13-11-9-7-2/h9,11,15,17-18,20-21,23-24,26-27,29,33,35,54,58H,6-8,10,12-14,16,19,22,25,28,30-32,34,36-53H2,1-5H3/b11-9-,17-15-,20-18-,23-21-,26-24-,29-27-,35-33-. The minimum Gasteiger partial charge on any atom is -0.545 e. The molecule has 0 aromatic heterocycles. The lowest BCUT2D eigenvalue weighted by Gasteiger charge is -2.26. The van der Waals surface area contributed by atoms with Gasteiger partial charge in [0, 0.05) is 12.8 Å². The van der Waals surface area contributed by atoms with Crippen LogP contribution in [0, 0.1) is 0 Å². The Morgan fingerprint density at radius 2 is 0.851 bits per heavy atom. The molecule has 2 atom stereocenters. The number of unbranched alkanes of at least 4 members (excludes halogenated alkanes) is 19. The number of allylic oxidation sites excluding steroid dienone is 14. The van der Waals surface area contributed by atoms with Crippen molar-refractivity contribution in [1.29, 1.82) is 0 Å². The molecule has 0 fully saturated rings. The fraction of sp³-hybridized carbons (Fsp3) is 0.707. The third kappa shape index (κ3) is 50.2. The lowest BCUT2D eigenvalue weighted by molar-refractivity contribution is -0.870. The second-order valence-electron chi connectivity index (χ2n) is 18.8. The highest BCUT2D eigenvalue weighted by Gasteiger charge is 2.22. The molecule has 0 N–H and O–H groups in total. The van der Waals surface area contributed by atoms with Crippen molar-refractivity contribution in [1.82, 2.24) is 0 Å². The van der Waals surface area contributed by atoms with E-state index in [-0.39, 0.29) is 38.6 Å². The Morgan fingerprint density at radius 3 is 1.27 bits per heavy atom. The molecular weight excluding hydrogens is 839 g/mol. The molecule has 0 aromatic rings. The number of rotatable bonds is 48. The Balaban J connectivity index is 4.38. The first-order valence-corrected chi connectivity index (χ1v) is 26.7. The lowest BCUT2D eigenvalue weighted by Crippen LogP contribution is -2.44. The number of carbonyl (C=O) groups excluding carboxylic acids is 3. The summed E-state index contributed by atoms with van der Waals surface area (Å²) in [4.78, 5) is 37.2. The van der Waals surface area contributed by atoms with Gasteiger partial charge in [-0.1, -0.05) is 189 Å². The van der Waals surface area contributed by atoms with Crippen LogP contribution >= 0.6 is 0 Å². The Morgan fingerprint density at radius 1 is 0.463 bits per heavy atom. The maximum Gasteiger partial charge on any atom is 0.306 e. The van der Waals surface area contributed by atoms with Gasteiger partial charge in [0.1, 0.15) is 13.2 Å². The molecule has 0 saturated heterocycles. The number of hydrogen-bond acceptors (Lipinski definition) is 8. The molecular formula is C58H99NO8. The average Bonchev–Trinajstić information content (AvgIpc) is 3.29. The van der Waals surface area contributed by atoms with Crippen molar-refractivity contribution in [3.8, 4) is 0 Å². The van der Waals surface area contributed by atoms with Crippen LogP contribution in [0.2, 0.25) is 0 Å². The van der Waals surface area contributed by atoms with Crippen molar-refractivity contribution < 1.29 is 42.9 Å². The van der Waals surface area contributed by atoms with Gasteiger partial charge >= 0.3 is 11.9 Å². The van der Waals surface area contributed by atoms with E-state index in [1.807, 2.05) is 21.1 Å². The third-order valence-corrected chi connectivity index (χ3v) is 11.1. The van der Waals surface area contributed by atoms with Gasteiger partial charge in [-0.2, -0.15) is 0 Å². The highest BCUT2D eigenvalue weighted by Crippen LogP contribution is 2.14. The molecule has 0 aliphatic heterocycles. The third-order valence-electron chi connectivity index (χ3n) is 11.1. The van der Waals surface area contributed by atoms with Gasteiger partial charge in [-0.3, -0.25) is 9.59 Å². The van der Waals surface area contributed by atoms with Gasteiger partial charge < -0.3 is 33.3 Å². The molecule has 67 heavy (non-hydrogen) atoms. The summed E-state index contributed by atoms with van der Waals surface area (Å²) in [5.41, 5.74) is 0. The molecule has 0 rings (SSSR count). The van der Waals surface area contributed by atoms with Crippen molar-refractivity contribution in [2.45, 2.75) is 219 Å². The molecule has 384 valence electrons. The second-order valence-corrected chi connectivity index (χ2v) is 18.8. The summed E-state index contributed by atoms with van der Waals surface area (Å²) >= 11 is 0. The molecule has 0 aliphatic rings. The molecule has 0 radical (unpaired) electrons. The van der Waals surface area contributed by atoms with E-state index in [0.717, 1.165) is 103 Å². The Labute approximate surface area is 410 Å². The van der Waals surface area contributed by atoms with Crippen LogP contribution in [0.15, 0.2) is 85.1 Å². The normalized spacial score (nSPS) is 13.5. The van der Waals surface area contributed by atoms with E-state index in [4.69, 9.17) is 18.9 Å². The molecule has 9 heteroatoms. The lowest BCUT2D eigenvalue weighted by atomic mass is 10.1. The summed E-state index contributed by atoms with van der Waals surface area (Å²) in [5, 5.41) is 11.7. The van der Waals surface area contributed by atoms with Gasteiger partial charge in [0.2, 0.25) is 0 Å². The zero-order valence-electron chi connectivity index (χ0n) is 43.5. The van der Waals surface area contributed by atoms with Gasteiger partial charge in [-0.05, 0) is 89.9 Å². The molecule has 0 saturated carbocycles. The first-order valence-electron chi connectivity index (χ1n) is 26.7. The predicted molar refractivity (Wildman–Crippen MR) is 278 cm³/mol. The summed E-state index contributed by atoms with van der Waals surface area (Å²) in [7, 11) is 5.90. The molecule has 0 heterocycles.